The monoisotopic (exact) mass is 497 g/mol. The molecule has 1 amide bonds. The first-order chi connectivity index (χ1) is 16.8. The van der Waals surface area contributed by atoms with Crippen molar-refractivity contribution in [1.82, 2.24) is 5.32 Å². The molecule has 2 aliphatic heterocycles. The van der Waals surface area contributed by atoms with Crippen molar-refractivity contribution in [2.24, 2.45) is 5.92 Å². The van der Waals surface area contributed by atoms with Gasteiger partial charge in [0.05, 0.1) is 21.3 Å². The second kappa shape index (κ2) is 8.30. The van der Waals surface area contributed by atoms with Gasteiger partial charge >= 0.3 is 0 Å². The van der Waals surface area contributed by atoms with E-state index in [0.29, 0.717) is 17.0 Å². The number of hydrogen-bond donors (Lipinski definition) is 1. The van der Waals surface area contributed by atoms with Crippen LogP contribution in [0.25, 0.3) is 0 Å². The lowest BCUT2D eigenvalue weighted by atomic mass is 9.66. The number of halogens is 1. The molecule has 2 aromatic rings. The molecule has 2 aromatic carbocycles. The number of carbonyl (C=O) groups is 3. The summed E-state index contributed by atoms with van der Waals surface area (Å²) in [6.07, 6.45) is 0.344. The Labute approximate surface area is 207 Å². The molecule has 1 spiro atoms. The Morgan fingerprint density at radius 1 is 0.971 bits per heavy atom. The van der Waals surface area contributed by atoms with Crippen LogP contribution in [0.15, 0.2) is 41.6 Å². The molecular weight excluding hydrogens is 474 g/mol. The lowest BCUT2D eigenvalue weighted by molar-refractivity contribution is -0.131. The van der Waals surface area contributed by atoms with Crippen molar-refractivity contribution in [3.63, 3.8) is 0 Å². The van der Waals surface area contributed by atoms with E-state index >= 15 is 0 Å². The van der Waals surface area contributed by atoms with Gasteiger partial charge in [-0.2, -0.15) is 0 Å². The van der Waals surface area contributed by atoms with Crippen molar-refractivity contribution in [3.8, 4) is 23.0 Å². The standard InChI is InChI=1S/C26H24ClNO7/c1-12-9-16-20(15(10-19(29)28-16)13-5-7-14(32-2)8-6-13)24(30)26(12)25(31)21-17(33-3)11-18(34-4)22(27)23(21)35-26/h5-8,11-12,15H,9-10H2,1-4H3,(H,28,29)/t12-,15-,26+/m1/s1. The largest absolute Gasteiger partial charge is 0.497 e. The topological polar surface area (TPSA) is 100 Å². The van der Waals surface area contributed by atoms with Gasteiger partial charge in [0.25, 0.3) is 0 Å². The van der Waals surface area contributed by atoms with Crippen LogP contribution in [-0.4, -0.2) is 44.4 Å². The van der Waals surface area contributed by atoms with Gasteiger partial charge in [-0.05, 0) is 24.1 Å². The van der Waals surface area contributed by atoms with Gasteiger partial charge in [-0.1, -0.05) is 30.7 Å². The zero-order valence-corrected chi connectivity index (χ0v) is 20.4. The van der Waals surface area contributed by atoms with E-state index in [0.717, 1.165) is 5.56 Å². The Bertz CT molecular complexity index is 1300. The maximum absolute atomic E-state index is 14.3. The van der Waals surface area contributed by atoms with Gasteiger partial charge in [0.2, 0.25) is 23.1 Å². The zero-order chi connectivity index (χ0) is 25.1. The van der Waals surface area contributed by atoms with Gasteiger partial charge in [-0.15, -0.1) is 0 Å². The van der Waals surface area contributed by atoms with Gasteiger partial charge < -0.3 is 24.3 Å². The fourth-order valence-corrected chi connectivity index (χ4v) is 5.58. The van der Waals surface area contributed by atoms with Crippen molar-refractivity contribution < 1.29 is 33.3 Å². The van der Waals surface area contributed by atoms with Gasteiger partial charge in [0.1, 0.15) is 27.8 Å². The summed E-state index contributed by atoms with van der Waals surface area (Å²) in [7, 11) is 4.42. The summed E-state index contributed by atoms with van der Waals surface area (Å²) in [5, 5.41) is 2.95. The molecule has 1 N–H and O–H groups in total. The lowest BCUT2D eigenvalue weighted by Gasteiger charge is -2.41. The second-order valence-corrected chi connectivity index (χ2v) is 9.25. The summed E-state index contributed by atoms with van der Waals surface area (Å²) in [5.74, 6) is -1.08. The van der Waals surface area contributed by atoms with E-state index in [9.17, 15) is 14.4 Å². The highest BCUT2D eigenvalue weighted by molar-refractivity contribution is 6.36. The average molecular weight is 498 g/mol. The molecule has 8 nitrogen and oxygen atoms in total. The van der Waals surface area contributed by atoms with Crippen LogP contribution in [0.1, 0.15) is 41.6 Å². The Morgan fingerprint density at radius 3 is 2.29 bits per heavy atom. The first-order valence-corrected chi connectivity index (χ1v) is 11.5. The third kappa shape index (κ3) is 3.23. The number of rotatable bonds is 4. The minimum absolute atomic E-state index is 0.0676. The highest BCUT2D eigenvalue weighted by Crippen LogP contribution is 2.55. The summed E-state index contributed by atoms with van der Waals surface area (Å²) in [6.45, 7) is 1.76. The van der Waals surface area contributed by atoms with Crippen LogP contribution < -0.4 is 24.3 Å². The minimum atomic E-state index is -1.82. The van der Waals surface area contributed by atoms with E-state index in [1.54, 1.807) is 26.2 Å². The maximum Gasteiger partial charge on any atom is 0.236 e. The van der Waals surface area contributed by atoms with E-state index in [2.05, 4.69) is 5.32 Å². The highest BCUT2D eigenvalue weighted by Gasteiger charge is 2.63. The predicted molar refractivity (Wildman–Crippen MR) is 127 cm³/mol. The molecule has 5 rings (SSSR count). The summed E-state index contributed by atoms with van der Waals surface area (Å²) < 4.78 is 22.2. The molecule has 0 saturated carbocycles. The smallest absolute Gasteiger partial charge is 0.236 e. The number of hydrogen-bond acceptors (Lipinski definition) is 7. The van der Waals surface area contributed by atoms with Crippen LogP contribution in [-0.2, 0) is 9.59 Å². The third-order valence-corrected chi connectivity index (χ3v) is 7.43. The van der Waals surface area contributed by atoms with Gasteiger partial charge in [-0.3, -0.25) is 14.4 Å². The minimum Gasteiger partial charge on any atom is -0.497 e. The molecule has 3 atom stereocenters. The molecule has 0 radical (unpaired) electrons. The van der Waals surface area contributed by atoms with Crippen LogP contribution >= 0.6 is 11.6 Å². The van der Waals surface area contributed by atoms with Gasteiger partial charge in [0, 0.05) is 35.6 Å². The first kappa shape index (κ1) is 23.2. The Hall–Kier alpha value is -3.52. The van der Waals surface area contributed by atoms with Gasteiger partial charge in [-0.25, -0.2) is 0 Å². The Balaban J connectivity index is 1.65. The molecule has 9 heteroatoms. The normalized spacial score (nSPS) is 25.1. The van der Waals surface area contributed by atoms with Crippen LogP contribution in [0, 0.1) is 5.92 Å². The van der Waals surface area contributed by atoms with E-state index in [1.807, 2.05) is 12.1 Å². The highest BCUT2D eigenvalue weighted by atomic mass is 35.5. The lowest BCUT2D eigenvalue weighted by Crippen LogP contribution is -2.59. The van der Waals surface area contributed by atoms with E-state index in [-0.39, 0.29) is 46.6 Å². The van der Waals surface area contributed by atoms with Crippen LogP contribution in [0.5, 0.6) is 23.0 Å². The number of amides is 1. The quantitative estimate of drug-likeness (QED) is 0.640. The van der Waals surface area contributed by atoms with Crippen LogP contribution in [0.3, 0.4) is 0 Å². The fourth-order valence-electron chi connectivity index (χ4n) is 5.31. The number of nitrogens with one attached hydrogen (secondary N) is 1. The molecule has 0 fully saturated rings. The maximum atomic E-state index is 14.3. The molecule has 0 saturated heterocycles. The molecule has 35 heavy (non-hydrogen) atoms. The first-order valence-electron chi connectivity index (χ1n) is 11.2. The molecular formula is C26H24ClNO7. The number of ether oxygens (including phenoxy) is 4. The summed E-state index contributed by atoms with van der Waals surface area (Å²) in [5.41, 5.74) is -0.0452. The van der Waals surface area contributed by atoms with Crippen molar-refractivity contribution in [1.29, 1.82) is 0 Å². The molecule has 3 aliphatic rings. The number of methoxy groups -OCH3 is 3. The van der Waals surface area contributed by atoms with Crippen LogP contribution in [0.2, 0.25) is 5.02 Å². The molecule has 0 aromatic heterocycles. The number of Topliss-reactive ketones (excluding diaryl/α,β-unsaturated/α-hetero) is 2. The predicted octanol–water partition coefficient (Wildman–Crippen LogP) is 3.85. The van der Waals surface area contributed by atoms with Crippen LogP contribution in [0.4, 0.5) is 0 Å². The molecule has 182 valence electrons. The second-order valence-electron chi connectivity index (χ2n) is 8.87. The van der Waals surface area contributed by atoms with Crippen molar-refractivity contribution in [2.45, 2.75) is 31.3 Å². The number of carbonyl (C=O) groups excluding carboxylic acids is 3. The number of fused-ring (bicyclic) bond motifs is 1. The zero-order valence-electron chi connectivity index (χ0n) is 19.7. The molecule has 2 heterocycles. The third-order valence-electron chi connectivity index (χ3n) is 7.08. The Morgan fingerprint density at radius 2 is 1.66 bits per heavy atom. The molecule has 0 bridgehead atoms. The summed E-state index contributed by atoms with van der Waals surface area (Å²) >= 11 is 6.51. The van der Waals surface area contributed by atoms with Gasteiger partial charge in [0.15, 0.2) is 5.75 Å². The SMILES string of the molecule is COc1ccc([C@H]2CC(=O)NC3=C2C(=O)[C@@]2(Oc4c(Cl)c(OC)cc(OC)c4C2=O)[C@H](C)C3)cc1. The van der Waals surface area contributed by atoms with E-state index in [4.69, 9.17) is 30.5 Å². The van der Waals surface area contributed by atoms with Crippen molar-refractivity contribution in [2.75, 3.05) is 21.3 Å². The van der Waals surface area contributed by atoms with E-state index < -0.39 is 29.0 Å². The molecule has 0 unspecified atom stereocenters. The van der Waals surface area contributed by atoms with E-state index in [1.165, 1.54) is 20.3 Å². The number of allylic oxidation sites excluding steroid dienone is 1. The fraction of sp³-hybridized carbons (Fsp3) is 0.346. The molecule has 1 aliphatic carbocycles. The average Bonchev–Trinajstić information content (AvgIpc) is 3.17. The van der Waals surface area contributed by atoms with Crippen molar-refractivity contribution in [3.05, 3.63) is 57.8 Å². The number of benzene rings is 2. The summed E-state index contributed by atoms with van der Waals surface area (Å²) in [6, 6.07) is 8.70. The van der Waals surface area contributed by atoms with Crippen molar-refractivity contribution >= 4 is 29.1 Å². The Kier molecular flexibility index (Phi) is 5.51. The number of ketones is 2. The summed E-state index contributed by atoms with van der Waals surface area (Å²) in [4.78, 5) is 40.8.